The van der Waals surface area contributed by atoms with E-state index in [0.29, 0.717) is 21.5 Å². The van der Waals surface area contributed by atoms with Crippen molar-refractivity contribution in [2.45, 2.75) is 13.8 Å². The van der Waals surface area contributed by atoms with Crippen LogP contribution in [0.4, 0.5) is 16.2 Å². The third kappa shape index (κ3) is 3.60. The molecule has 0 saturated carbocycles. The molecule has 2 amide bonds. The van der Waals surface area contributed by atoms with Gasteiger partial charge in [-0.15, -0.1) is 0 Å². The van der Waals surface area contributed by atoms with Gasteiger partial charge in [-0.1, -0.05) is 15.9 Å². The highest BCUT2D eigenvalue weighted by atomic mass is 79.9. The number of hydrogen-bond acceptors (Lipinski definition) is 3. The van der Waals surface area contributed by atoms with Crippen LogP contribution >= 0.6 is 15.9 Å². The van der Waals surface area contributed by atoms with E-state index in [-0.39, 0.29) is 5.56 Å². The number of halogens is 1. The van der Waals surface area contributed by atoms with Crippen LogP contribution in [0.3, 0.4) is 0 Å². The first-order valence-electron chi connectivity index (χ1n) is 6.00. The molecule has 0 saturated heterocycles. The summed E-state index contributed by atoms with van der Waals surface area (Å²) in [5.74, 6) is -1.07. The molecular weight excluding hydrogens is 340 g/mol. The first-order valence-corrected chi connectivity index (χ1v) is 6.79. The lowest BCUT2D eigenvalue weighted by atomic mass is 10.2. The Kier molecular flexibility index (Phi) is 4.27. The predicted molar refractivity (Wildman–Crippen MR) is 81.8 cm³/mol. The van der Waals surface area contributed by atoms with E-state index in [1.54, 1.807) is 19.9 Å². The Hall–Kier alpha value is -2.35. The van der Waals surface area contributed by atoms with Crippen LogP contribution in [-0.4, -0.2) is 27.3 Å². The molecule has 8 heteroatoms. The number of aryl methyl sites for hydroxylation is 2. The van der Waals surface area contributed by atoms with Gasteiger partial charge in [0.1, 0.15) is 0 Å². The quantitative estimate of drug-likeness (QED) is 0.680. The fraction of sp³-hybridized carbons (Fsp3) is 0.154. The number of benzene rings is 1. The number of aromatic amines is 1. The van der Waals surface area contributed by atoms with Crippen LogP contribution in [0.25, 0.3) is 0 Å². The average molecular weight is 353 g/mol. The second-order valence-electron chi connectivity index (χ2n) is 4.42. The lowest BCUT2D eigenvalue weighted by Crippen LogP contribution is -2.20. The van der Waals surface area contributed by atoms with E-state index in [0.717, 1.165) is 5.69 Å². The van der Waals surface area contributed by atoms with E-state index in [1.807, 2.05) is 0 Å². The molecule has 0 aliphatic carbocycles. The Morgan fingerprint density at radius 1 is 1.24 bits per heavy atom. The fourth-order valence-corrected chi connectivity index (χ4v) is 2.29. The molecule has 0 atom stereocenters. The van der Waals surface area contributed by atoms with Crippen LogP contribution in [0.2, 0.25) is 0 Å². The molecule has 0 unspecified atom stereocenters. The largest absolute Gasteiger partial charge is 0.478 e. The summed E-state index contributed by atoms with van der Waals surface area (Å²) in [4.78, 5) is 22.9. The van der Waals surface area contributed by atoms with Gasteiger partial charge in [0, 0.05) is 10.2 Å². The number of hydrogen-bond donors (Lipinski definition) is 4. The number of anilines is 2. The number of H-pyrrole nitrogens is 1. The number of carboxylic acid groups (broad SMARTS) is 1. The topological polar surface area (TPSA) is 107 Å². The molecule has 0 bridgehead atoms. The molecule has 7 nitrogen and oxygen atoms in total. The molecule has 4 N–H and O–H groups in total. The first-order chi connectivity index (χ1) is 9.86. The number of amides is 2. The lowest BCUT2D eigenvalue weighted by molar-refractivity contribution is 0.0697. The molecule has 0 aliphatic heterocycles. The van der Waals surface area contributed by atoms with E-state index in [4.69, 9.17) is 5.11 Å². The van der Waals surface area contributed by atoms with Gasteiger partial charge < -0.3 is 15.7 Å². The maximum absolute atomic E-state index is 12.0. The standard InChI is InChI=1S/C13H13BrN4O3/c1-6-11(7(2)18-17-6)16-13(21)15-10-4-8(12(19)20)3-9(14)5-10/h3-5H,1-2H3,(H,17,18)(H,19,20)(H2,15,16,21). The number of nitrogens with one attached hydrogen (secondary N) is 3. The smallest absolute Gasteiger partial charge is 0.335 e. The Bertz CT molecular complexity index is 692. The number of nitrogens with zero attached hydrogens (tertiary/aromatic N) is 1. The number of aromatic carboxylic acids is 1. The number of carbonyl (C=O) groups is 2. The maximum atomic E-state index is 12.0. The zero-order chi connectivity index (χ0) is 15.6. The number of carbonyl (C=O) groups excluding carboxylic acids is 1. The molecule has 1 aromatic carbocycles. The van der Waals surface area contributed by atoms with E-state index in [2.05, 4.69) is 36.8 Å². The predicted octanol–water partition coefficient (Wildman–Crippen LogP) is 3.13. The summed E-state index contributed by atoms with van der Waals surface area (Å²) < 4.78 is 0.563. The monoisotopic (exact) mass is 352 g/mol. The second-order valence-corrected chi connectivity index (χ2v) is 5.34. The number of urea groups is 1. The summed E-state index contributed by atoms with van der Waals surface area (Å²) >= 11 is 3.21. The summed E-state index contributed by atoms with van der Waals surface area (Å²) in [5, 5.41) is 21.0. The van der Waals surface area contributed by atoms with Gasteiger partial charge in [0.2, 0.25) is 0 Å². The molecule has 0 fully saturated rings. The van der Waals surface area contributed by atoms with E-state index < -0.39 is 12.0 Å². The number of aromatic nitrogens is 2. The van der Waals surface area contributed by atoms with Crippen LogP contribution in [0.1, 0.15) is 21.7 Å². The Morgan fingerprint density at radius 3 is 2.52 bits per heavy atom. The Labute approximate surface area is 128 Å². The first kappa shape index (κ1) is 15.0. The van der Waals surface area contributed by atoms with Gasteiger partial charge >= 0.3 is 12.0 Å². The molecule has 2 aromatic rings. The minimum absolute atomic E-state index is 0.0790. The van der Waals surface area contributed by atoms with Crippen LogP contribution < -0.4 is 10.6 Å². The van der Waals surface area contributed by atoms with Crippen molar-refractivity contribution in [1.29, 1.82) is 0 Å². The van der Waals surface area contributed by atoms with Gasteiger partial charge in [0.15, 0.2) is 0 Å². The van der Waals surface area contributed by atoms with Gasteiger partial charge in [-0.2, -0.15) is 5.10 Å². The lowest BCUT2D eigenvalue weighted by Gasteiger charge is -2.09. The van der Waals surface area contributed by atoms with Gasteiger partial charge in [-0.25, -0.2) is 9.59 Å². The van der Waals surface area contributed by atoms with Crippen molar-refractivity contribution in [3.63, 3.8) is 0 Å². The maximum Gasteiger partial charge on any atom is 0.335 e. The summed E-state index contributed by atoms with van der Waals surface area (Å²) in [6.45, 7) is 3.55. The number of rotatable bonds is 3. The molecule has 0 spiro atoms. The number of carboxylic acids is 1. The summed E-state index contributed by atoms with van der Waals surface area (Å²) in [6.07, 6.45) is 0. The molecule has 110 valence electrons. The normalized spacial score (nSPS) is 10.2. The van der Waals surface area contributed by atoms with E-state index in [1.165, 1.54) is 12.1 Å². The van der Waals surface area contributed by atoms with Crippen molar-refractivity contribution in [2.75, 3.05) is 10.6 Å². The zero-order valence-corrected chi connectivity index (χ0v) is 12.9. The summed E-state index contributed by atoms with van der Waals surface area (Å²) in [5.41, 5.74) is 2.46. The van der Waals surface area contributed by atoms with Gasteiger partial charge in [0.25, 0.3) is 0 Å². The fourth-order valence-electron chi connectivity index (χ4n) is 1.80. The van der Waals surface area contributed by atoms with Crippen molar-refractivity contribution in [2.24, 2.45) is 0 Å². The highest BCUT2D eigenvalue weighted by molar-refractivity contribution is 9.10. The van der Waals surface area contributed by atoms with Crippen molar-refractivity contribution in [3.05, 3.63) is 39.6 Å². The highest BCUT2D eigenvalue weighted by Crippen LogP contribution is 2.21. The molecular formula is C13H13BrN4O3. The summed E-state index contributed by atoms with van der Waals surface area (Å²) in [7, 11) is 0. The third-order valence-electron chi connectivity index (χ3n) is 2.77. The molecule has 0 aliphatic rings. The molecule has 0 radical (unpaired) electrons. The van der Waals surface area contributed by atoms with Crippen molar-refractivity contribution in [3.8, 4) is 0 Å². The van der Waals surface area contributed by atoms with Crippen LogP contribution in [0, 0.1) is 13.8 Å². The second kappa shape index (κ2) is 5.96. The third-order valence-corrected chi connectivity index (χ3v) is 3.23. The molecule has 21 heavy (non-hydrogen) atoms. The van der Waals surface area contributed by atoms with Crippen molar-refractivity contribution >= 4 is 39.3 Å². The Balaban J connectivity index is 2.15. The minimum atomic E-state index is -1.07. The highest BCUT2D eigenvalue weighted by Gasteiger charge is 2.12. The van der Waals surface area contributed by atoms with Crippen molar-refractivity contribution < 1.29 is 14.7 Å². The van der Waals surface area contributed by atoms with Crippen LogP contribution in [0.5, 0.6) is 0 Å². The summed E-state index contributed by atoms with van der Waals surface area (Å²) in [6, 6.07) is 3.97. The van der Waals surface area contributed by atoms with E-state index >= 15 is 0 Å². The average Bonchev–Trinajstić information content (AvgIpc) is 2.69. The minimum Gasteiger partial charge on any atom is -0.478 e. The van der Waals surface area contributed by atoms with E-state index in [9.17, 15) is 9.59 Å². The zero-order valence-electron chi connectivity index (χ0n) is 11.3. The van der Waals surface area contributed by atoms with Gasteiger partial charge in [-0.3, -0.25) is 5.10 Å². The van der Waals surface area contributed by atoms with Gasteiger partial charge in [-0.05, 0) is 32.0 Å². The van der Waals surface area contributed by atoms with Gasteiger partial charge in [0.05, 0.1) is 22.6 Å². The van der Waals surface area contributed by atoms with Crippen LogP contribution in [-0.2, 0) is 0 Å². The SMILES string of the molecule is Cc1n[nH]c(C)c1NC(=O)Nc1cc(Br)cc(C(=O)O)c1. The Morgan fingerprint density at radius 2 is 1.95 bits per heavy atom. The molecule has 1 aromatic heterocycles. The van der Waals surface area contributed by atoms with Crippen LogP contribution in [0.15, 0.2) is 22.7 Å². The van der Waals surface area contributed by atoms with Crippen molar-refractivity contribution in [1.82, 2.24) is 10.2 Å². The molecule has 1 heterocycles. The molecule has 2 rings (SSSR count).